The van der Waals surface area contributed by atoms with Crippen molar-refractivity contribution in [1.29, 1.82) is 0 Å². The van der Waals surface area contributed by atoms with Gasteiger partial charge < -0.3 is 34.6 Å². The maximum absolute atomic E-state index is 13.1. The van der Waals surface area contributed by atoms with Gasteiger partial charge in [-0.15, -0.1) is 0 Å². The first-order chi connectivity index (χ1) is 16.1. The van der Waals surface area contributed by atoms with E-state index in [-0.39, 0.29) is 5.91 Å². The number of carbonyl (C=O) groups is 1. The number of methoxy groups -OCH3 is 1. The minimum Gasteiger partial charge on any atom is -0.497 e. The van der Waals surface area contributed by atoms with E-state index in [4.69, 9.17) is 19.9 Å². The lowest BCUT2D eigenvalue weighted by Crippen LogP contribution is -2.48. The van der Waals surface area contributed by atoms with E-state index in [1.54, 1.807) is 7.11 Å². The molecular formula is C25H32N4O4. The summed E-state index contributed by atoms with van der Waals surface area (Å²) < 4.78 is 16.9. The fourth-order valence-electron chi connectivity index (χ4n) is 4.99. The van der Waals surface area contributed by atoms with Crippen molar-refractivity contribution >= 4 is 23.0 Å². The van der Waals surface area contributed by atoms with Gasteiger partial charge in [-0.3, -0.25) is 4.79 Å². The van der Waals surface area contributed by atoms with Crippen LogP contribution in [0.2, 0.25) is 0 Å². The minimum atomic E-state index is -0.408. The lowest BCUT2D eigenvalue weighted by Gasteiger charge is -2.39. The molecular weight excluding hydrogens is 420 g/mol. The van der Waals surface area contributed by atoms with Crippen LogP contribution >= 0.6 is 0 Å². The molecule has 3 heterocycles. The van der Waals surface area contributed by atoms with Crippen LogP contribution in [0.25, 0.3) is 0 Å². The molecule has 1 spiro atoms. The standard InChI is InChI=1S/C25H32N4O4/c1-31-21-5-3-20(4-6-21)27-12-14-29(15-13-27)24(30)19-2-7-23(22(26)18-19)28-10-8-25(9-11-28)32-16-17-33-25/h2-7,18H,8-17,26H2,1H3. The normalized spacial score (nSPS) is 20.3. The van der Waals surface area contributed by atoms with Crippen LogP contribution in [0.15, 0.2) is 42.5 Å². The van der Waals surface area contributed by atoms with Gasteiger partial charge in [0.15, 0.2) is 5.79 Å². The number of hydrogen-bond acceptors (Lipinski definition) is 7. The fraction of sp³-hybridized carbons (Fsp3) is 0.480. The molecule has 3 aliphatic heterocycles. The predicted octanol–water partition coefficient (Wildman–Crippen LogP) is 2.58. The van der Waals surface area contributed by atoms with E-state index in [9.17, 15) is 4.79 Å². The van der Waals surface area contributed by atoms with Crippen molar-refractivity contribution in [3.05, 3.63) is 48.0 Å². The largest absolute Gasteiger partial charge is 0.497 e. The molecule has 0 unspecified atom stereocenters. The molecule has 33 heavy (non-hydrogen) atoms. The quantitative estimate of drug-likeness (QED) is 0.714. The number of carbonyl (C=O) groups excluding carboxylic acids is 1. The third-order valence-electron chi connectivity index (χ3n) is 6.96. The topological polar surface area (TPSA) is 80.5 Å². The maximum Gasteiger partial charge on any atom is 0.254 e. The van der Waals surface area contributed by atoms with Crippen LogP contribution < -0.4 is 20.3 Å². The van der Waals surface area contributed by atoms with Crippen molar-refractivity contribution in [3.8, 4) is 5.75 Å². The van der Waals surface area contributed by atoms with Gasteiger partial charge in [-0.2, -0.15) is 0 Å². The summed E-state index contributed by atoms with van der Waals surface area (Å²) in [4.78, 5) is 19.6. The van der Waals surface area contributed by atoms with Gasteiger partial charge in [-0.1, -0.05) is 0 Å². The second-order valence-corrected chi connectivity index (χ2v) is 8.85. The van der Waals surface area contributed by atoms with Crippen molar-refractivity contribution in [3.63, 3.8) is 0 Å². The number of piperidine rings is 1. The number of nitrogens with two attached hydrogens (primary N) is 1. The van der Waals surface area contributed by atoms with Crippen molar-refractivity contribution in [2.75, 3.05) is 75.1 Å². The summed E-state index contributed by atoms with van der Waals surface area (Å²) in [5, 5.41) is 0. The molecule has 8 nitrogen and oxygen atoms in total. The van der Waals surface area contributed by atoms with Crippen LogP contribution in [0.5, 0.6) is 5.75 Å². The number of piperazine rings is 1. The Balaban J connectivity index is 1.18. The summed E-state index contributed by atoms with van der Waals surface area (Å²) in [6.45, 7) is 5.95. The highest BCUT2D eigenvalue weighted by Crippen LogP contribution is 2.35. The monoisotopic (exact) mass is 452 g/mol. The number of hydrogen-bond donors (Lipinski definition) is 1. The van der Waals surface area contributed by atoms with Crippen molar-refractivity contribution in [2.24, 2.45) is 0 Å². The van der Waals surface area contributed by atoms with Gasteiger partial charge in [0.05, 0.1) is 31.7 Å². The summed E-state index contributed by atoms with van der Waals surface area (Å²) in [7, 11) is 1.67. The molecule has 0 saturated carbocycles. The molecule has 0 bridgehead atoms. The number of nitrogens with zero attached hydrogens (tertiary/aromatic N) is 3. The van der Waals surface area contributed by atoms with Gasteiger partial charge in [0, 0.05) is 63.4 Å². The second kappa shape index (κ2) is 9.11. The van der Waals surface area contributed by atoms with Gasteiger partial charge >= 0.3 is 0 Å². The first-order valence-electron chi connectivity index (χ1n) is 11.7. The number of benzene rings is 2. The smallest absolute Gasteiger partial charge is 0.254 e. The molecule has 8 heteroatoms. The van der Waals surface area contributed by atoms with Crippen LogP contribution in [0.3, 0.4) is 0 Å². The Morgan fingerprint density at radius 2 is 1.58 bits per heavy atom. The third kappa shape index (κ3) is 4.45. The van der Waals surface area contributed by atoms with Crippen LogP contribution in [-0.4, -0.2) is 76.2 Å². The average Bonchev–Trinajstić information content (AvgIpc) is 3.32. The first-order valence-corrected chi connectivity index (χ1v) is 11.7. The van der Waals surface area contributed by atoms with Crippen molar-refractivity contribution in [1.82, 2.24) is 4.90 Å². The SMILES string of the molecule is COc1ccc(N2CCN(C(=O)c3ccc(N4CCC5(CC4)OCCO5)c(N)c3)CC2)cc1. The Bertz CT molecular complexity index is 972. The zero-order chi connectivity index (χ0) is 22.8. The number of amides is 1. The van der Waals surface area contributed by atoms with E-state index >= 15 is 0 Å². The Labute approximate surface area is 194 Å². The lowest BCUT2D eigenvalue weighted by molar-refractivity contribution is -0.169. The van der Waals surface area contributed by atoms with Gasteiger partial charge in [0.2, 0.25) is 0 Å². The zero-order valence-corrected chi connectivity index (χ0v) is 19.2. The molecule has 0 radical (unpaired) electrons. The summed E-state index contributed by atoms with van der Waals surface area (Å²) in [6, 6.07) is 13.7. The van der Waals surface area contributed by atoms with Crippen molar-refractivity contribution < 1.29 is 19.0 Å². The van der Waals surface area contributed by atoms with Crippen LogP contribution in [0, 0.1) is 0 Å². The van der Waals surface area contributed by atoms with Crippen LogP contribution in [0.4, 0.5) is 17.1 Å². The van der Waals surface area contributed by atoms with E-state index in [0.29, 0.717) is 37.6 Å². The summed E-state index contributed by atoms with van der Waals surface area (Å²) >= 11 is 0. The molecule has 3 aliphatic rings. The molecule has 0 atom stereocenters. The highest BCUT2D eigenvalue weighted by Gasteiger charge is 2.40. The summed E-state index contributed by atoms with van der Waals surface area (Å²) in [6.07, 6.45) is 1.65. The van der Waals surface area contributed by atoms with Gasteiger partial charge in [0.1, 0.15) is 5.75 Å². The molecule has 3 saturated heterocycles. The minimum absolute atomic E-state index is 0.0352. The molecule has 1 amide bonds. The van der Waals surface area contributed by atoms with E-state index in [0.717, 1.165) is 56.1 Å². The molecule has 5 rings (SSSR count). The molecule has 0 aromatic heterocycles. The second-order valence-electron chi connectivity index (χ2n) is 8.85. The molecule has 0 aliphatic carbocycles. The third-order valence-corrected chi connectivity index (χ3v) is 6.96. The maximum atomic E-state index is 13.1. The average molecular weight is 453 g/mol. The molecule has 176 valence electrons. The van der Waals surface area contributed by atoms with E-state index in [1.807, 2.05) is 35.2 Å². The molecule has 2 aromatic carbocycles. The van der Waals surface area contributed by atoms with Crippen LogP contribution in [0.1, 0.15) is 23.2 Å². The Hall–Kier alpha value is -2.97. The van der Waals surface area contributed by atoms with E-state index in [1.165, 1.54) is 0 Å². The number of nitrogen functional groups attached to an aromatic ring is 1. The van der Waals surface area contributed by atoms with Gasteiger partial charge in [0.25, 0.3) is 5.91 Å². The zero-order valence-electron chi connectivity index (χ0n) is 19.2. The van der Waals surface area contributed by atoms with Crippen molar-refractivity contribution in [2.45, 2.75) is 18.6 Å². The lowest BCUT2D eigenvalue weighted by atomic mass is 10.0. The van der Waals surface area contributed by atoms with Gasteiger partial charge in [-0.05, 0) is 42.5 Å². The Kier molecular flexibility index (Phi) is 6.03. The Morgan fingerprint density at radius 1 is 0.909 bits per heavy atom. The molecule has 2 N–H and O–H groups in total. The highest BCUT2D eigenvalue weighted by molar-refractivity contribution is 5.96. The molecule has 3 fully saturated rings. The number of ether oxygens (including phenoxy) is 3. The highest BCUT2D eigenvalue weighted by atomic mass is 16.7. The summed E-state index contributed by atoms with van der Waals surface area (Å²) in [5.41, 5.74) is 9.80. The number of rotatable bonds is 4. The van der Waals surface area contributed by atoms with E-state index in [2.05, 4.69) is 21.9 Å². The van der Waals surface area contributed by atoms with Crippen LogP contribution in [-0.2, 0) is 9.47 Å². The molecule has 2 aromatic rings. The first kappa shape index (κ1) is 21.9. The van der Waals surface area contributed by atoms with Gasteiger partial charge in [-0.25, -0.2) is 0 Å². The number of anilines is 3. The fourth-order valence-corrected chi connectivity index (χ4v) is 4.99. The predicted molar refractivity (Wildman–Crippen MR) is 128 cm³/mol. The summed E-state index contributed by atoms with van der Waals surface area (Å²) in [5.74, 6) is 0.473. The Morgan fingerprint density at radius 3 is 2.18 bits per heavy atom. The van der Waals surface area contributed by atoms with E-state index < -0.39 is 5.79 Å².